The molecule has 2 N–H and O–H groups in total. The second-order valence-corrected chi connectivity index (χ2v) is 8.11. The van der Waals surface area contributed by atoms with Crippen molar-refractivity contribution in [1.29, 1.82) is 0 Å². The SMILES string of the molecule is CC(C)c1cc(-c2c[nH]c3ncc(-c4cccc5ccccc45)cc23)ccc1C(=O)O. The number of aromatic carboxylic acids is 1. The zero-order valence-electron chi connectivity index (χ0n) is 17.4. The second-order valence-electron chi connectivity index (χ2n) is 8.11. The van der Waals surface area contributed by atoms with Crippen molar-refractivity contribution in [3.8, 4) is 22.3 Å². The van der Waals surface area contributed by atoms with Crippen molar-refractivity contribution >= 4 is 27.8 Å². The van der Waals surface area contributed by atoms with E-state index in [-0.39, 0.29) is 5.92 Å². The van der Waals surface area contributed by atoms with Crippen LogP contribution in [0.1, 0.15) is 35.7 Å². The van der Waals surface area contributed by atoms with Gasteiger partial charge in [-0.15, -0.1) is 0 Å². The summed E-state index contributed by atoms with van der Waals surface area (Å²) in [5.74, 6) is -0.783. The molecule has 0 aliphatic carbocycles. The Morgan fingerprint density at radius 1 is 0.903 bits per heavy atom. The van der Waals surface area contributed by atoms with Crippen molar-refractivity contribution in [2.45, 2.75) is 19.8 Å². The standard InChI is InChI=1S/C27H22N2O2/c1-16(2)23-12-18(10-11-22(23)27(30)31)25-15-29-26-24(25)13-19(14-28-26)21-9-5-7-17-6-3-4-8-20(17)21/h3-16H,1-2H3,(H,28,29)(H,30,31). The fourth-order valence-corrected chi connectivity index (χ4v) is 4.27. The molecule has 0 aliphatic heterocycles. The topological polar surface area (TPSA) is 66.0 Å². The largest absolute Gasteiger partial charge is 0.478 e. The third-order valence-electron chi connectivity index (χ3n) is 5.85. The number of hydrogen-bond acceptors (Lipinski definition) is 2. The van der Waals surface area contributed by atoms with E-state index in [0.29, 0.717) is 5.56 Å². The smallest absolute Gasteiger partial charge is 0.335 e. The molecule has 0 radical (unpaired) electrons. The van der Waals surface area contributed by atoms with Gasteiger partial charge in [-0.2, -0.15) is 0 Å². The molecule has 0 bridgehead atoms. The van der Waals surface area contributed by atoms with Gasteiger partial charge in [0.25, 0.3) is 0 Å². The number of pyridine rings is 1. The highest BCUT2D eigenvalue weighted by Gasteiger charge is 2.16. The van der Waals surface area contributed by atoms with Crippen molar-refractivity contribution < 1.29 is 9.90 Å². The summed E-state index contributed by atoms with van der Waals surface area (Å²) in [4.78, 5) is 19.6. The Morgan fingerprint density at radius 3 is 2.52 bits per heavy atom. The van der Waals surface area contributed by atoms with Gasteiger partial charge in [-0.1, -0.05) is 62.4 Å². The highest BCUT2D eigenvalue weighted by Crippen LogP contribution is 2.35. The predicted molar refractivity (Wildman–Crippen MR) is 126 cm³/mol. The Morgan fingerprint density at radius 2 is 1.71 bits per heavy atom. The van der Waals surface area contributed by atoms with E-state index in [1.54, 1.807) is 6.07 Å². The molecule has 2 heterocycles. The molecule has 0 amide bonds. The summed E-state index contributed by atoms with van der Waals surface area (Å²) in [6, 6.07) is 22.4. The number of carboxylic acids is 1. The molecule has 0 fully saturated rings. The van der Waals surface area contributed by atoms with Crippen LogP contribution in [0.3, 0.4) is 0 Å². The van der Waals surface area contributed by atoms with Gasteiger partial charge in [-0.3, -0.25) is 0 Å². The summed E-state index contributed by atoms with van der Waals surface area (Å²) >= 11 is 0. The molecule has 0 unspecified atom stereocenters. The maximum Gasteiger partial charge on any atom is 0.335 e. The van der Waals surface area contributed by atoms with E-state index in [4.69, 9.17) is 0 Å². The molecule has 0 atom stereocenters. The third-order valence-corrected chi connectivity index (χ3v) is 5.85. The summed E-state index contributed by atoms with van der Waals surface area (Å²) in [6.07, 6.45) is 3.85. The molecule has 152 valence electrons. The van der Waals surface area contributed by atoms with E-state index in [9.17, 15) is 9.90 Å². The monoisotopic (exact) mass is 406 g/mol. The average molecular weight is 406 g/mol. The number of benzene rings is 3. The van der Waals surface area contributed by atoms with Gasteiger partial charge in [-0.05, 0) is 51.6 Å². The van der Waals surface area contributed by atoms with Gasteiger partial charge in [-0.25, -0.2) is 9.78 Å². The third kappa shape index (κ3) is 3.26. The van der Waals surface area contributed by atoms with Crippen LogP contribution < -0.4 is 0 Å². The lowest BCUT2D eigenvalue weighted by atomic mass is 9.92. The summed E-state index contributed by atoms with van der Waals surface area (Å²) in [5.41, 5.74) is 6.19. The molecule has 5 rings (SSSR count). The average Bonchev–Trinajstić information content (AvgIpc) is 3.21. The molecule has 4 nitrogen and oxygen atoms in total. The number of carboxylic acid groups (broad SMARTS) is 1. The molecule has 0 spiro atoms. The van der Waals surface area contributed by atoms with E-state index < -0.39 is 5.97 Å². The number of fused-ring (bicyclic) bond motifs is 2. The Bertz CT molecular complexity index is 1440. The van der Waals surface area contributed by atoms with Crippen LogP contribution in [0.4, 0.5) is 0 Å². The maximum atomic E-state index is 11.6. The lowest BCUT2D eigenvalue weighted by molar-refractivity contribution is 0.0695. The van der Waals surface area contributed by atoms with E-state index in [2.05, 4.69) is 52.4 Å². The maximum absolute atomic E-state index is 11.6. The zero-order chi connectivity index (χ0) is 21.5. The van der Waals surface area contributed by atoms with Gasteiger partial charge in [0, 0.05) is 28.9 Å². The number of carbonyl (C=O) groups is 1. The summed E-state index contributed by atoms with van der Waals surface area (Å²) in [5, 5.41) is 12.9. The zero-order valence-corrected chi connectivity index (χ0v) is 17.4. The van der Waals surface area contributed by atoms with Crippen LogP contribution in [0.25, 0.3) is 44.1 Å². The lowest BCUT2D eigenvalue weighted by Gasteiger charge is -2.12. The Hall–Kier alpha value is -3.92. The number of nitrogens with one attached hydrogen (secondary N) is 1. The number of hydrogen-bond donors (Lipinski definition) is 2. The van der Waals surface area contributed by atoms with E-state index >= 15 is 0 Å². The van der Waals surface area contributed by atoms with Gasteiger partial charge in [0.2, 0.25) is 0 Å². The first-order valence-electron chi connectivity index (χ1n) is 10.4. The van der Waals surface area contributed by atoms with Crippen LogP contribution in [0.5, 0.6) is 0 Å². The van der Waals surface area contributed by atoms with E-state index in [1.165, 1.54) is 10.8 Å². The minimum absolute atomic E-state index is 0.112. The first-order valence-corrected chi connectivity index (χ1v) is 10.4. The Kier molecular flexibility index (Phi) is 4.55. The van der Waals surface area contributed by atoms with Crippen molar-refractivity contribution in [2.24, 2.45) is 0 Å². The quantitative estimate of drug-likeness (QED) is 0.342. The first kappa shape index (κ1) is 19.1. The summed E-state index contributed by atoms with van der Waals surface area (Å²) < 4.78 is 0. The van der Waals surface area contributed by atoms with Crippen LogP contribution in [0, 0.1) is 0 Å². The second kappa shape index (κ2) is 7.40. The number of aromatic amines is 1. The van der Waals surface area contributed by atoms with Gasteiger partial charge in [0.15, 0.2) is 0 Å². The highest BCUT2D eigenvalue weighted by molar-refractivity contribution is 6.01. The molecular formula is C27H22N2O2. The number of nitrogens with zero attached hydrogens (tertiary/aromatic N) is 1. The molecule has 3 aromatic carbocycles. The minimum atomic E-state index is -0.894. The normalized spacial score (nSPS) is 11.5. The number of rotatable bonds is 4. The highest BCUT2D eigenvalue weighted by atomic mass is 16.4. The first-order chi connectivity index (χ1) is 15.0. The van der Waals surface area contributed by atoms with Crippen molar-refractivity contribution in [3.05, 3.63) is 90.3 Å². The van der Waals surface area contributed by atoms with Crippen LogP contribution in [0.2, 0.25) is 0 Å². The molecule has 0 saturated carbocycles. The molecule has 4 heteroatoms. The van der Waals surface area contributed by atoms with E-state index in [1.807, 2.05) is 44.4 Å². The fraction of sp³-hybridized carbons (Fsp3) is 0.111. The van der Waals surface area contributed by atoms with Crippen LogP contribution in [-0.2, 0) is 0 Å². The van der Waals surface area contributed by atoms with E-state index in [0.717, 1.165) is 38.9 Å². The van der Waals surface area contributed by atoms with Crippen LogP contribution >= 0.6 is 0 Å². The summed E-state index contributed by atoms with van der Waals surface area (Å²) in [6.45, 7) is 4.03. The Balaban J connectivity index is 1.69. The van der Waals surface area contributed by atoms with Crippen molar-refractivity contribution in [1.82, 2.24) is 9.97 Å². The Labute approximate surface area is 180 Å². The van der Waals surface area contributed by atoms with Gasteiger partial charge < -0.3 is 10.1 Å². The van der Waals surface area contributed by atoms with Crippen LogP contribution in [0.15, 0.2) is 79.1 Å². The molecule has 5 aromatic rings. The predicted octanol–water partition coefficient (Wildman–Crippen LogP) is 6.87. The van der Waals surface area contributed by atoms with Crippen LogP contribution in [-0.4, -0.2) is 21.0 Å². The lowest BCUT2D eigenvalue weighted by Crippen LogP contribution is -2.04. The molecular weight excluding hydrogens is 384 g/mol. The van der Waals surface area contributed by atoms with Gasteiger partial charge in [0.1, 0.15) is 5.65 Å². The van der Waals surface area contributed by atoms with Gasteiger partial charge >= 0.3 is 5.97 Å². The summed E-state index contributed by atoms with van der Waals surface area (Å²) in [7, 11) is 0. The van der Waals surface area contributed by atoms with Crippen molar-refractivity contribution in [3.63, 3.8) is 0 Å². The molecule has 0 saturated heterocycles. The van der Waals surface area contributed by atoms with Gasteiger partial charge in [0.05, 0.1) is 5.56 Å². The molecule has 2 aromatic heterocycles. The molecule has 31 heavy (non-hydrogen) atoms. The number of H-pyrrole nitrogens is 1. The minimum Gasteiger partial charge on any atom is -0.478 e. The van der Waals surface area contributed by atoms with Crippen molar-refractivity contribution in [2.75, 3.05) is 0 Å². The molecule has 0 aliphatic rings. The fourth-order valence-electron chi connectivity index (χ4n) is 4.27. The number of aromatic nitrogens is 2.